The number of aryl methyl sites for hydroxylation is 1. The van der Waals surface area contributed by atoms with Gasteiger partial charge in [-0.1, -0.05) is 47.7 Å². The van der Waals surface area contributed by atoms with Gasteiger partial charge >= 0.3 is 5.97 Å². The summed E-state index contributed by atoms with van der Waals surface area (Å²) in [5, 5.41) is 8.19. The molecule has 0 aliphatic heterocycles. The van der Waals surface area contributed by atoms with Crippen LogP contribution in [-0.4, -0.2) is 43.1 Å². The maximum atomic E-state index is 12.5. The van der Waals surface area contributed by atoms with Gasteiger partial charge in [-0.25, -0.2) is 9.48 Å². The molecule has 0 atom stereocenters. The highest BCUT2D eigenvalue weighted by Gasteiger charge is 2.15. The van der Waals surface area contributed by atoms with Gasteiger partial charge in [-0.05, 0) is 60.4 Å². The van der Waals surface area contributed by atoms with Crippen molar-refractivity contribution in [2.24, 2.45) is 0 Å². The number of esters is 1. The van der Waals surface area contributed by atoms with Crippen molar-refractivity contribution in [1.82, 2.24) is 15.0 Å². The highest BCUT2D eigenvalue weighted by molar-refractivity contribution is 7.86. The van der Waals surface area contributed by atoms with Gasteiger partial charge in [-0.15, -0.1) is 5.10 Å². The molecule has 1 aromatic heterocycles. The SMILES string of the molecule is COC(=O)c1ccc(-n2cc(CCCOS(=O)(=O)c3ccc(-c4ccccc4)cc3)nn2)cc1. The van der Waals surface area contributed by atoms with Gasteiger partial charge in [0.05, 0.1) is 41.8 Å². The maximum Gasteiger partial charge on any atom is 0.337 e. The third kappa shape index (κ3) is 5.56. The Balaban J connectivity index is 1.29. The largest absolute Gasteiger partial charge is 0.465 e. The van der Waals surface area contributed by atoms with Crippen LogP contribution in [0.2, 0.25) is 0 Å². The molecule has 174 valence electrons. The Hall–Kier alpha value is -3.82. The molecule has 0 unspecified atom stereocenters. The lowest BCUT2D eigenvalue weighted by atomic mass is 10.1. The number of rotatable bonds is 9. The molecule has 9 heteroatoms. The smallest absolute Gasteiger partial charge is 0.337 e. The first-order chi connectivity index (χ1) is 16.5. The number of benzene rings is 3. The Kier molecular flexibility index (Phi) is 7.15. The second kappa shape index (κ2) is 10.4. The van der Waals surface area contributed by atoms with Crippen molar-refractivity contribution >= 4 is 16.1 Å². The lowest BCUT2D eigenvalue weighted by Gasteiger charge is -2.07. The van der Waals surface area contributed by atoms with Crippen LogP contribution in [0.15, 0.2) is 90.0 Å². The third-order valence-corrected chi connectivity index (χ3v) is 6.49. The van der Waals surface area contributed by atoms with Gasteiger partial charge in [0.1, 0.15) is 0 Å². The van der Waals surface area contributed by atoms with Gasteiger partial charge in [-0.3, -0.25) is 4.18 Å². The molecule has 0 N–H and O–H groups in total. The zero-order chi connectivity index (χ0) is 24.0. The molecule has 0 fully saturated rings. The molecule has 0 aliphatic carbocycles. The molecule has 0 spiro atoms. The first-order valence-electron chi connectivity index (χ1n) is 10.6. The molecule has 34 heavy (non-hydrogen) atoms. The fourth-order valence-electron chi connectivity index (χ4n) is 3.34. The van der Waals surface area contributed by atoms with Crippen LogP contribution in [0.3, 0.4) is 0 Å². The predicted molar refractivity (Wildman–Crippen MR) is 126 cm³/mol. The number of carbonyl (C=O) groups excluding carboxylic acids is 1. The highest BCUT2D eigenvalue weighted by Crippen LogP contribution is 2.22. The van der Waals surface area contributed by atoms with E-state index in [4.69, 9.17) is 4.18 Å². The number of nitrogens with zero attached hydrogens (tertiary/aromatic N) is 3. The Morgan fingerprint density at radius 2 is 1.59 bits per heavy atom. The van der Waals surface area contributed by atoms with Crippen LogP contribution in [0, 0.1) is 0 Å². The molecule has 4 aromatic rings. The molecular weight excluding hydrogens is 454 g/mol. The first kappa shape index (κ1) is 23.3. The topological polar surface area (TPSA) is 100 Å². The fraction of sp³-hybridized carbons (Fsp3) is 0.160. The van der Waals surface area contributed by atoms with Crippen molar-refractivity contribution in [2.75, 3.05) is 13.7 Å². The quantitative estimate of drug-likeness (QED) is 0.204. The van der Waals surface area contributed by atoms with Gasteiger partial charge in [0.2, 0.25) is 0 Å². The fourth-order valence-corrected chi connectivity index (χ4v) is 4.28. The Morgan fingerprint density at radius 3 is 2.26 bits per heavy atom. The molecule has 0 saturated carbocycles. The summed E-state index contributed by atoms with van der Waals surface area (Å²) < 4.78 is 36.4. The Labute approximate surface area is 197 Å². The summed E-state index contributed by atoms with van der Waals surface area (Å²) >= 11 is 0. The van der Waals surface area contributed by atoms with E-state index in [0.29, 0.717) is 24.1 Å². The molecule has 0 saturated heterocycles. The van der Waals surface area contributed by atoms with E-state index in [1.54, 1.807) is 59.4 Å². The van der Waals surface area contributed by atoms with Crippen LogP contribution in [0.1, 0.15) is 22.5 Å². The van der Waals surface area contributed by atoms with E-state index in [2.05, 4.69) is 15.0 Å². The van der Waals surface area contributed by atoms with Crippen molar-refractivity contribution in [3.8, 4) is 16.8 Å². The maximum absolute atomic E-state index is 12.5. The normalized spacial score (nSPS) is 11.3. The molecule has 3 aromatic carbocycles. The summed E-state index contributed by atoms with van der Waals surface area (Å²) in [4.78, 5) is 11.7. The Morgan fingerprint density at radius 1 is 0.912 bits per heavy atom. The average molecular weight is 478 g/mol. The van der Waals surface area contributed by atoms with Gasteiger partial charge < -0.3 is 4.74 Å². The second-order valence-electron chi connectivity index (χ2n) is 7.46. The zero-order valence-corrected chi connectivity index (χ0v) is 19.3. The van der Waals surface area contributed by atoms with Crippen LogP contribution in [0.4, 0.5) is 0 Å². The molecule has 0 bridgehead atoms. The lowest BCUT2D eigenvalue weighted by Crippen LogP contribution is -2.08. The summed E-state index contributed by atoms with van der Waals surface area (Å²) in [5.74, 6) is -0.409. The summed E-state index contributed by atoms with van der Waals surface area (Å²) in [6, 6.07) is 23.1. The van der Waals surface area contributed by atoms with Crippen LogP contribution in [0.5, 0.6) is 0 Å². The summed E-state index contributed by atoms with van der Waals surface area (Å²) in [6.45, 7) is 0.0312. The number of hydrogen-bond donors (Lipinski definition) is 0. The standard InChI is InChI=1S/C25H23N3O5S/c1-32-25(29)21-9-13-23(14-10-21)28-18-22(26-27-28)8-5-17-33-34(30,31)24-15-11-20(12-16-24)19-6-3-2-4-7-19/h2-4,6-7,9-16,18H,5,8,17H2,1H3. The number of ether oxygens (including phenoxy) is 1. The minimum absolute atomic E-state index is 0.0312. The minimum Gasteiger partial charge on any atom is -0.465 e. The first-order valence-corrected chi connectivity index (χ1v) is 12.0. The predicted octanol–water partition coefficient (Wildman–Crippen LogP) is 4.06. The summed E-state index contributed by atoms with van der Waals surface area (Å²) in [7, 11) is -2.51. The molecule has 0 amide bonds. The van der Waals surface area contributed by atoms with E-state index < -0.39 is 16.1 Å². The third-order valence-electron chi connectivity index (χ3n) is 5.16. The van der Waals surface area contributed by atoms with Crippen LogP contribution in [0.25, 0.3) is 16.8 Å². The van der Waals surface area contributed by atoms with Gasteiger partial charge in [0.25, 0.3) is 10.1 Å². The van der Waals surface area contributed by atoms with Gasteiger partial charge in [-0.2, -0.15) is 8.42 Å². The molecule has 8 nitrogen and oxygen atoms in total. The lowest BCUT2D eigenvalue weighted by molar-refractivity contribution is 0.0600. The monoisotopic (exact) mass is 477 g/mol. The molecule has 1 heterocycles. The van der Waals surface area contributed by atoms with Crippen molar-refractivity contribution in [2.45, 2.75) is 17.7 Å². The Bertz CT molecular complexity index is 1350. The number of carbonyl (C=O) groups is 1. The minimum atomic E-state index is -3.84. The van der Waals surface area contributed by atoms with Crippen molar-refractivity contribution in [1.29, 1.82) is 0 Å². The van der Waals surface area contributed by atoms with Crippen LogP contribution >= 0.6 is 0 Å². The summed E-state index contributed by atoms with van der Waals surface area (Å²) in [5.41, 5.74) is 3.83. The number of hydrogen-bond acceptors (Lipinski definition) is 7. The van der Waals surface area contributed by atoms with Crippen LogP contribution in [-0.2, 0) is 25.5 Å². The van der Waals surface area contributed by atoms with Gasteiger partial charge in [0, 0.05) is 0 Å². The average Bonchev–Trinajstić information content (AvgIpc) is 3.36. The van der Waals surface area contributed by atoms with Crippen LogP contribution < -0.4 is 0 Å². The van der Waals surface area contributed by atoms with Gasteiger partial charge in [0.15, 0.2) is 0 Å². The van der Waals surface area contributed by atoms with Crippen molar-refractivity contribution in [3.05, 3.63) is 96.3 Å². The summed E-state index contributed by atoms with van der Waals surface area (Å²) in [6.07, 6.45) is 2.72. The van der Waals surface area contributed by atoms with E-state index in [-0.39, 0.29) is 11.5 Å². The molecule has 4 rings (SSSR count). The van der Waals surface area contributed by atoms with E-state index in [0.717, 1.165) is 16.8 Å². The molecule has 0 radical (unpaired) electrons. The van der Waals surface area contributed by atoms with Crippen molar-refractivity contribution in [3.63, 3.8) is 0 Å². The van der Waals surface area contributed by atoms with E-state index in [1.807, 2.05) is 30.3 Å². The molecular formula is C25H23N3O5S. The van der Waals surface area contributed by atoms with E-state index >= 15 is 0 Å². The van der Waals surface area contributed by atoms with E-state index in [9.17, 15) is 13.2 Å². The second-order valence-corrected chi connectivity index (χ2v) is 9.08. The number of aromatic nitrogens is 3. The molecule has 0 aliphatic rings. The number of methoxy groups -OCH3 is 1. The van der Waals surface area contributed by atoms with Crippen molar-refractivity contribution < 1.29 is 22.1 Å². The zero-order valence-electron chi connectivity index (χ0n) is 18.5. The highest BCUT2D eigenvalue weighted by atomic mass is 32.2. The van der Waals surface area contributed by atoms with E-state index in [1.165, 1.54) is 7.11 Å².